The van der Waals surface area contributed by atoms with E-state index in [1.165, 1.54) is 0 Å². The molecule has 4 amide bonds. The first kappa shape index (κ1) is 15.0. The molecule has 2 aliphatic heterocycles. The third kappa shape index (κ3) is 4.60. The maximum atomic E-state index is 11.3. The van der Waals surface area contributed by atoms with Crippen molar-refractivity contribution in [2.45, 2.75) is 6.10 Å². The second kappa shape index (κ2) is 8.00. The first-order chi connectivity index (χ1) is 9.77. The van der Waals surface area contributed by atoms with Crippen molar-refractivity contribution in [3.8, 4) is 0 Å². The van der Waals surface area contributed by atoms with Crippen LogP contribution in [0.2, 0.25) is 0 Å². The van der Waals surface area contributed by atoms with Gasteiger partial charge in [-0.25, -0.2) is 14.5 Å². The Hall–Kier alpha value is -1.42. The lowest BCUT2D eigenvalue weighted by Crippen LogP contribution is -2.40. The van der Waals surface area contributed by atoms with Crippen LogP contribution in [0.4, 0.5) is 9.59 Å². The van der Waals surface area contributed by atoms with E-state index in [0.29, 0.717) is 39.6 Å². The van der Waals surface area contributed by atoms with Crippen molar-refractivity contribution in [2.24, 2.45) is 10.2 Å². The van der Waals surface area contributed by atoms with Crippen LogP contribution in [0.15, 0.2) is 10.2 Å². The van der Waals surface area contributed by atoms with Crippen LogP contribution in [-0.4, -0.2) is 75.9 Å². The van der Waals surface area contributed by atoms with Gasteiger partial charge in [0.1, 0.15) is 0 Å². The SMILES string of the molecule is O=C1N=NC(=O)N1CC1COCCOCCOCCO1. The first-order valence-electron chi connectivity index (χ1n) is 6.39. The van der Waals surface area contributed by atoms with E-state index in [-0.39, 0.29) is 13.2 Å². The number of hydrogen-bond donors (Lipinski definition) is 0. The van der Waals surface area contributed by atoms with Crippen molar-refractivity contribution in [1.82, 2.24) is 4.90 Å². The average molecular weight is 287 g/mol. The van der Waals surface area contributed by atoms with E-state index in [2.05, 4.69) is 10.2 Å². The molecule has 9 nitrogen and oxygen atoms in total. The zero-order chi connectivity index (χ0) is 14.2. The summed E-state index contributed by atoms with van der Waals surface area (Å²) < 4.78 is 21.5. The zero-order valence-electron chi connectivity index (χ0n) is 11.0. The van der Waals surface area contributed by atoms with Crippen LogP contribution in [-0.2, 0) is 18.9 Å². The standard InChI is InChI=1S/C11H17N3O6/c15-10-12-13-11(16)14(10)7-9-8-19-4-3-17-1-2-18-5-6-20-9/h9H,1-8H2. The molecule has 1 fully saturated rings. The number of carbonyl (C=O) groups excluding carboxylic acids is 2. The van der Waals surface area contributed by atoms with Crippen molar-refractivity contribution in [2.75, 3.05) is 52.8 Å². The smallest absolute Gasteiger partial charge is 0.370 e. The van der Waals surface area contributed by atoms with Gasteiger partial charge in [-0.05, 0) is 0 Å². The lowest BCUT2D eigenvalue weighted by atomic mass is 10.3. The molecule has 9 heteroatoms. The molecular formula is C11H17N3O6. The second-order valence-electron chi connectivity index (χ2n) is 4.17. The number of nitrogens with zero attached hydrogens (tertiary/aromatic N) is 3. The highest BCUT2D eigenvalue weighted by molar-refractivity contribution is 5.98. The van der Waals surface area contributed by atoms with Gasteiger partial charge in [-0.3, -0.25) is 0 Å². The fourth-order valence-corrected chi connectivity index (χ4v) is 1.72. The topological polar surface area (TPSA) is 99.0 Å². The van der Waals surface area contributed by atoms with E-state index >= 15 is 0 Å². The van der Waals surface area contributed by atoms with Gasteiger partial charge in [-0.15, -0.1) is 0 Å². The van der Waals surface area contributed by atoms with E-state index in [0.717, 1.165) is 4.90 Å². The molecule has 0 radical (unpaired) electrons. The van der Waals surface area contributed by atoms with Crippen LogP contribution in [0.1, 0.15) is 0 Å². The van der Waals surface area contributed by atoms with E-state index in [1.807, 2.05) is 0 Å². The minimum atomic E-state index is -0.677. The molecular weight excluding hydrogens is 270 g/mol. The Balaban J connectivity index is 1.82. The highest BCUT2D eigenvalue weighted by atomic mass is 16.6. The Morgan fingerprint density at radius 2 is 1.45 bits per heavy atom. The molecule has 112 valence electrons. The van der Waals surface area contributed by atoms with Gasteiger partial charge in [0.25, 0.3) is 0 Å². The molecule has 0 N–H and O–H groups in total. The average Bonchev–Trinajstić information content (AvgIpc) is 2.73. The fourth-order valence-electron chi connectivity index (χ4n) is 1.72. The summed E-state index contributed by atoms with van der Waals surface area (Å²) in [6, 6.07) is -1.35. The number of urea groups is 2. The predicted octanol–water partition coefficient (Wildman–Crippen LogP) is 0.443. The van der Waals surface area contributed by atoms with Crippen molar-refractivity contribution in [3.05, 3.63) is 0 Å². The number of hydrogen-bond acceptors (Lipinski definition) is 6. The Bertz CT molecular complexity index is 345. The molecule has 0 spiro atoms. The predicted molar refractivity (Wildman–Crippen MR) is 64.6 cm³/mol. The third-order valence-electron chi connectivity index (χ3n) is 2.70. The highest BCUT2D eigenvalue weighted by Gasteiger charge is 2.30. The molecule has 1 atom stereocenters. The fraction of sp³-hybridized carbons (Fsp3) is 0.818. The van der Waals surface area contributed by atoms with Crippen LogP contribution in [0, 0.1) is 0 Å². The van der Waals surface area contributed by atoms with Gasteiger partial charge < -0.3 is 18.9 Å². The molecule has 0 bridgehead atoms. The van der Waals surface area contributed by atoms with Crippen LogP contribution >= 0.6 is 0 Å². The lowest BCUT2D eigenvalue weighted by Gasteiger charge is -2.22. The van der Waals surface area contributed by atoms with Crippen molar-refractivity contribution >= 4 is 12.1 Å². The molecule has 1 unspecified atom stereocenters. The molecule has 1 saturated heterocycles. The molecule has 0 saturated carbocycles. The van der Waals surface area contributed by atoms with Crippen LogP contribution < -0.4 is 0 Å². The summed E-state index contributed by atoms with van der Waals surface area (Å²) in [5.41, 5.74) is 0. The molecule has 2 aliphatic rings. The van der Waals surface area contributed by atoms with Crippen molar-refractivity contribution in [3.63, 3.8) is 0 Å². The Morgan fingerprint density at radius 3 is 2.10 bits per heavy atom. The lowest BCUT2D eigenvalue weighted by molar-refractivity contribution is -0.0692. The first-order valence-corrected chi connectivity index (χ1v) is 6.39. The number of rotatable bonds is 2. The van der Waals surface area contributed by atoms with Gasteiger partial charge in [0.2, 0.25) is 0 Å². The summed E-state index contributed by atoms with van der Waals surface area (Å²) in [4.78, 5) is 23.6. The maximum absolute atomic E-state index is 11.3. The van der Waals surface area contributed by atoms with Gasteiger partial charge in [0, 0.05) is 0 Å². The van der Waals surface area contributed by atoms with Crippen LogP contribution in [0.3, 0.4) is 0 Å². The summed E-state index contributed by atoms with van der Waals surface area (Å²) in [7, 11) is 0. The minimum Gasteiger partial charge on any atom is -0.377 e. The molecule has 20 heavy (non-hydrogen) atoms. The number of amides is 4. The van der Waals surface area contributed by atoms with E-state index in [1.54, 1.807) is 0 Å². The van der Waals surface area contributed by atoms with E-state index < -0.39 is 18.2 Å². The Kier molecular flexibility index (Phi) is 5.99. The van der Waals surface area contributed by atoms with Crippen LogP contribution in [0.5, 0.6) is 0 Å². The molecule has 0 aromatic heterocycles. The van der Waals surface area contributed by atoms with Crippen LogP contribution in [0.25, 0.3) is 0 Å². The van der Waals surface area contributed by atoms with Gasteiger partial charge in [-0.2, -0.15) is 0 Å². The molecule has 2 rings (SSSR count). The molecule has 2 heterocycles. The summed E-state index contributed by atoms with van der Waals surface area (Å²) in [5, 5.41) is 6.38. The summed E-state index contributed by atoms with van der Waals surface area (Å²) in [5.74, 6) is 0. The Labute approximate surface area is 115 Å². The van der Waals surface area contributed by atoms with Gasteiger partial charge >= 0.3 is 12.1 Å². The largest absolute Gasteiger partial charge is 0.377 e. The minimum absolute atomic E-state index is 0.0610. The summed E-state index contributed by atoms with van der Waals surface area (Å²) in [6.45, 7) is 2.96. The normalized spacial score (nSPS) is 26.4. The third-order valence-corrected chi connectivity index (χ3v) is 2.70. The molecule has 0 aliphatic carbocycles. The number of carbonyl (C=O) groups is 2. The van der Waals surface area contributed by atoms with Gasteiger partial charge in [0.05, 0.1) is 58.9 Å². The zero-order valence-corrected chi connectivity index (χ0v) is 11.0. The molecule has 0 aromatic carbocycles. The Morgan fingerprint density at radius 1 is 0.900 bits per heavy atom. The highest BCUT2D eigenvalue weighted by Crippen LogP contribution is 2.10. The van der Waals surface area contributed by atoms with E-state index in [4.69, 9.17) is 18.9 Å². The van der Waals surface area contributed by atoms with E-state index in [9.17, 15) is 9.59 Å². The van der Waals surface area contributed by atoms with Gasteiger partial charge in [-0.1, -0.05) is 10.2 Å². The summed E-state index contributed by atoms with van der Waals surface area (Å²) >= 11 is 0. The number of imide groups is 1. The second-order valence-corrected chi connectivity index (χ2v) is 4.17. The quantitative estimate of drug-likeness (QED) is 0.730. The van der Waals surface area contributed by atoms with Crippen molar-refractivity contribution in [1.29, 1.82) is 0 Å². The number of azo groups is 1. The van der Waals surface area contributed by atoms with Gasteiger partial charge in [0.15, 0.2) is 0 Å². The number of ether oxygens (including phenoxy) is 4. The molecule has 0 aromatic rings. The summed E-state index contributed by atoms with van der Waals surface area (Å²) in [6.07, 6.45) is -0.436. The van der Waals surface area contributed by atoms with Crippen molar-refractivity contribution < 1.29 is 28.5 Å². The maximum Gasteiger partial charge on any atom is 0.370 e. The monoisotopic (exact) mass is 287 g/mol.